The fraction of sp³-hybridized carbons (Fsp3) is 0.333. The van der Waals surface area contributed by atoms with Gasteiger partial charge in [-0.1, -0.05) is 24.3 Å². The van der Waals surface area contributed by atoms with Crippen LogP contribution in [-0.2, 0) is 27.7 Å². The maximum Gasteiger partial charge on any atom is 0.333 e. The molecule has 144 valence electrons. The molecule has 27 heavy (non-hydrogen) atoms. The maximum absolute atomic E-state index is 12.9. The Bertz CT molecular complexity index is 1030. The van der Waals surface area contributed by atoms with Crippen LogP contribution < -0.4 is 4.72 Å². The summed E-state index contributed by atoms with van der Waals surface area (Å²) in [6.07, 6.45) is 2.07. The smallest absolute Gasteiger partial charge is 0.274 e. The molecule has 0 aliphatic heterocycles. The molecule has 0 unspecified atom stereocenters. The summed E-state index contributed by atoms with van der Waals surface area (Å²) >= 11 is 0. The number of carbonyl (C=O) groups excluding carboxylic acids is 1. The van der Waals surface area contributed by atoms with E-state index in [1.807, 2.05) is 29.0 Å². The van der Waals surface area contributed by atoms with Gasteiger partial charge in [-0.25, -0.2) is 17.8 Å². The Kier molecular flexibility index (Phi) is 5.14. The molecular formula is C18H19F2N3O3S. The lowest BCUT2D eigenvalue weighted by Gasteiger charge is -2.17. The van der Waals surface area contributed by atoms with Gasteiger partial charge in [0, 0.05) is 11.3 Å². The number of sulfonamides is 1. The molecule has 1 aliphatic rings. The molecule has 0 saturated carbocycles. The molecule has 0 radical (unpaired) electrons. The Morgan fingerprint density at radius 1 is 1.26 bits per heavy atom. The predicted molar refractivity (Wildman–Crippen MR) is 96.5 cm³/mol. The predicted octanol–water partition coefficient (Wildman–Crippen LogP) is 2.87. The monoisotopic (exact) mass is 395 g/mol. The van der Waals surface area contributed by atoms with Gasteiger partial charge in [-0.05, 0) is 43.9 Å². The summed E-state index contributed by atoms with van der Waals surface area (Å²) in [7, 11) is -3.99. The molecule has 1 aliphatic carbocycles. The summed E-state index contributed by atoms with van der Waals surface area (Å²) in [4.78, 5) is 12.4. The first-order valence-electron chi connectivity index (χ1n) is 8.36. The van der Waals surface area contributed by atoms with Crippen molar-refractivity contribution in [3.05, 3.63) is 57.2 Å². The van der Waals surface area contributed by atoms with Crippen LogP contribution in [0.4, 0.5) is 8.78 Å². The van der Waals surface area contributed by atoms with E-state index in [4.69, 9.17) is 0 Å². The summed E-state index contributed by atoms with van der Waals surface area (Å²) in [5.74, 6) is -0.783. The molecule has 0 atom stereocenters. The fourth-order valence-corrected chi connectivity index (χ4v) is 4.33. The first-order valence-corrected chi connectivity index (χ1v) is 9.84. The molecule has 1 aromatic heterocycles. The number of fused-ring (bicyclic) bond motifs is 1. The van der Waals surface area contributed by atoms with Gasteiger partial charge in [0.2, 0.25) is 5.91 Å². The van der Waals surface area contributed by atoms with Gasteiger partial charge in [0.1, 0.15) is 0 Å². The van der Waals surface area contributed by atoms with Gasteiger partial charge in [-0.15, -0.1) is 0 Å². The lowest BCUT2D eigenvalue weighted by molar-refractivity contribution is -0.118. The normalized spacial score (nSPS) is 14.0. The van der Waals surface area contributed by atoms with Gasteiger partial charge in [0.05, 0.1) is 17.0 Å². The second kappa shape index (κ2) is 7.22. The number of allylic oxidation sites excluding steroid dienone is 1. The second-order valence-corrected chi connectivity index (χ2v) is 8.12. The van der Waals surface area contributed by atoms with Gasteiger partial charge < -0.3 is 0 Å². The maximum atomic E-state index is 12.9. The quantitative estimate of drug-likeness (QED) is 0.844. The zero-order chi connectivity index (χ0) is 19.8. The fourth-order valence-electron chi connectivity index (χ4n) is 3.17. The van der Waals surface area contributed by atoms with Crippen LogP contribution in [0.25, 0.3) is 6.08 Å². The van der Waals surface area contributed by atoms with Crippen molar-refractivity contribution in [2.45, 2.75) is 39.7 Å². The number of benzene rings is 1. The lowest BCUT2D eigenvalue weighted by atomic mass is 9.98. The molecule has 0 bridgehead atoms. The number of halogens is 2. The van der Waals surface area contributed by atoms with E-state index in [9.17, 15) is 22.0 Å². The van der Waals surface area contributed by atoms with Crippen LogP contribution in [0.1, 0.15) is 41.0 Å². The number of nitrogens with one attached hydrogen (secondary N) is 1. The standard InChI is InChI=1S/C18H19F2N3O3S/c1-11-16(12(2)23(21-11)18(19)20)10-17(24)22-27(25,26)15-8-7-13-5-3-4-6-14(13)9-15/h3-6,9,18H,7-8,10H2,1-2H3,(H,22,24). The van der Waals surface area contributed by atoms with E-state index >= 15 is 0 Å². The van der Waals surface area contributed by atoms with E-state index < -0.39 is 22.5 Å². The van der Waals surface area contributed by atoms with Crippen LogP contribution >= 0.6 is 0 Å². The lowest BCUT2D eigenvalue weighted by Crippen LogP contribution is -2.33. The van der Waals surface area contributed by atoms with E-state index in [1.54, 1.807) is 6.08 Å². The minimum absolute atomic E-state index is 0.131. The van der Waals surface area contributed by atoms with Crippen molar-refractivity contribution in [3.63, 3.8) is 0 Å². The van der Waals surface area contributed by atoms with Crippen molar-refractivity contribution < 1.29 is 22.0 Å². The topological polar surface area (TPSA) is 81.1 Å². The summed E-state index contributed by atoms with van der Waals surface area (Å²) < 4.78 is 53.4. The number of hydrogen-bond donors (Lipinski definition) is 1. The van der Waals surface area contributed by atoms with Crippen molar-refractivity contribution in [1.29, 1.82) is 0 Å². The third-order valence-corrected chi connectivity index (χ3v) is 6.11. The highest BCUT2D eigenvalue weighted by Crippen LogP contribution is 2.26. The third-order valence-electron chi connectivity index (χ3n) is 4.60. The Morgan fingerprint density at radius 2 is 1.96 bits per heavy atom. The number of alkyl halides is 2. The highest BCUT2D eigenvalue weighted by molar-refractivity contribution is 7.94. The Balaban J connectivity index is 1.78. The number of amides is 1. The van der Waals surface area contributed by atoms with Crippen molar-refractivity contribution in [3.8, 4) is 0 Å². The number of rotatable bonds is 5. The van der Waals surface area contributed by atoms with Gasteiger partial charge in [0.25, 0.3) is 10.0 Å². The summed E-state index contributed by atoms with van der Waals surface area (Å²) in [5.41, 5.74) is 2.56. The minimum Gasteiger partial charge on any atom is -0.274 e. The zero-order valence-electron chi connectivity index (χ0n) is 14.9. The molecular weight excluding hydrogens is 376 g/mol. The molecule has 1 heterocycles. The molecule has 0 saturated heterocycles. The summed E-state index contributed by atoms with van der Waals surface area (Å²) in [6, 6.07) is 7.45. The molecule has 0 fully saturated rings. The number of hydrogen-bond acceptors (Lipinski definition) is 4. The first-order chi connectivity index (χ1) is 12.7. The van der Waals surface area contributed by atoms with Gasteiger partial charge in [0.15, 0.2) is 0 Å². The molecule has 1 amide bonds. The Hall–Kier alpha value is -2.55. The van der Waals surface area contributed by atoms with Crippen molar-refractivity contribution in [2.75, 3.05) is 0 Å². The zero-order valence-corrected chi connectivity index (χ0v) is 15.7. The number of aromatic nitrogens is 2. The van der Waals surface area contributed by atoms with E-state index in [0.717, 1.165) is 11.1 Å². The molecule has 9 heteroatoms. The average Bonchev–Trinajstić information content (AvgIpc) is 2.89. The largest absolute Gasteiger partial charge is 0.333 e. The number of carbonyl (C=O) groups is 1. The van der Waals surface area contributed by atoms with E-state index in [-0.39, 0.29) is 22.7 Å². The molecule has 6 nitrogen and oxygen atoms in total. The molecule has 1 N–H and O–H groups in total. The summed E-state index contributed by atoms with van der Waals surface area (Å²) in [6.45, 7) is 0.102. The minimum atomic E-state index is -3.99. The number of nitrogens with zero attached hydrogens (tertiary/aromatic N) is 2. The van der Waals surface area contributed by atoms with Gasteiger partial charge in [-0.3, -0.25) is 4.79 Å². The Morgan fingerprint density at radius 3 is 2.63 bits per heavy atom. The second-order valence-electron chi connectivity index (χ2n) is 6.39. The van der Waals surface area contributed by atoms with Gasteiger partial charge in [-0.2, -0.15) is 13.9 Å². The van der Waals surface area contributed by atoms with E-state index in [0.29, 0.717) is 23.1 Å². The van der Waals surface area contributed by atoms with Crippen LogP contribution in [0.3, 0.4) is 0 Å². The van der Waals surface area contributed by atoms with E-state index in [2.05, 4.69) is 5.10 Å². The highest BCUT2D eigenvalue weighted by Gasteiger charge is 2.25. The molecule has 1 aromatic carbocycles. The molecule has 0 spiro atoms. The van der Waals surface area contributed by atoms with Crippen LogP contribution in [0.5, 0.6) is 0 Å². The van der Waals surface area contributed by atoms with Crippen molar-refractivity contribution in [1.82, 2.24) is 14.5 Å². The van der Waals surface area contributed by atoms with Crippen molar-refractivity contribution >= 4 is 22.0 Å². The Labute approximate surface area is 155 Å². The van der Waals surface area contributed by atoms with Crippen LogP contribution in [0.15, 0.2) is 29.2 Å². The van der Waals surface area contributed by atoms with Crippen LogP contribution in [-0.4, -0.2) is 24.1 Å². The van der Waals surface area contributed by atoms with Crippen molar-refractivity contribution in [2.24, 2.45) is 0 Å². The van der Waals surface area contributed by atoms with Crippen LogP contribution in [0, 0.1) is 13.8 Å². The summed E-state index contributed by atoms with van der Waals surface area (Å²) in [5, 5.41) is 3.70. The molecule has 3 rings (SSSR count). The van der Waals surface area contributed by atoms with Crippen LogP contribution in [0.2, 0.25) is 0 Å². The highest BCUT2D eigenvalue weighted by atomic mass is 32.2. The SMILES string of the molecule is Cc1nn(C(F)F)c(C)c1CC(=O)NS(=O)(=O)C1=Cc2ccccc2CC1. The number of aryl methyl sites for hydroxylation is 2. The third kappa shape index (κ3) is 3.92. The van der Waals surface area contributed by atoms with E-state index in [1.165, 1.54) is 13.8 Å². The first kappa shape index (κ1) is 19.2. The molecule has 2 aromatic rings. The van der Waals surface area contributed by atoms with Gasteiger partial charge >= 0.3 is 6.55 Å². The average molecular weight is 395 g/mol.